The summed E-state index contributed by atoms with van der Waals surface area (Å²) >= 11 is 0. The van der Waals surface area contributed by atoms with Crippen LogP contribution in [0.4, 0.5) is 0 Å². The highest BCUT2D eigenvalue weighted by molar-refractivity contribution is 6.03. The minimum absolute atomic E-state index is 0.0615. The largest absolute Gasteiger partial charge is 0.480 e. The van der Waals surface area contributed by atoms with Crippen molar-refractivity contribution < 1.29 is 19.4 Å². The van der Waals surface area contributed by atoms with Crippen LogP contribution >= 0.6 is 0 Å². The molecule has 0 amide bonds. The second-order valence-corrected chi connectivity index (χ2v) is 5.54. The highest BCUT2D eigenvalue weighted by Gasteiger charge is 2.46. The van der Waals surface area contributed by atoms with E-state index in [1.807, 2.05) is 0 Å². The number of ketones is 1. The molecule has 2 atom stereocenters. The van der Waals surface area contributed by atoms with Gasteiger partial charge in [-0.25, -0.2) is 0 Å². The van der Waals surface area contributed by atoms with Gasteiger partial charge in [0.05, 0.1) is 6.10 Å². The third kappa shape index (κ3) is 2.74. The summed E-state index contributed by atoms with van der Waals surface area (Å²) in [5, 5.41) is 9.40. The molecule has 1 aliphatic heterocycles. The normalized spacial score (nSPS) is 32.7. The summed E-state index contributed by atoms with van der Waals surface area (Å²) in [6, 6.07) is 0. The fourth-order valence-corrected chi connectivity index (χ4v) is 3.19. The number of rotatable bonds is 5. The summed E-state index contributed by atoms with van der Waals surface area (Å²) in [7, 11) is 0. The van der Waals surface area contributed by atoms with Crippen molar-refractivity contribution in [3.05, 3.63) is 0 Å². The van der Waals surface area contributed by atoms with Crippen molar-refractivity contribution in [3.63, 3.8) is 0 Å². The zero-order chi connectivity index (χ0) is 13.0. The number of hydrogen-bond donors (Lipinski definition) is 1. The van der Waals surface area contributed by atoms with Gasteiger partial charge in [0.2, 0.25) is 0 Å². The van der Waals surface area contributed by atoms with E-state index in [1.54, 1.807) is 0 Å². The van der Waals surface area contributed by atoms with Gasteiger partial charge in [-0.1, -0.05) is 6.42 Å². The van der Waals surface area contributed by atoms with E-state index in [0.29, 0.717) is 19.3 Å². The molecule has 0 aromatic rings. The summed E-state index contributed by atoms with van der Waals surface area (Å²) in [5.74, 6) is -0.979. The zero-order valence-corrected chi connectivity index (χ0v) is 10.8. The maximum atomic E-state index is 12.0. The van der Waals surface area contributed by atoms with Crippen LogP contribution in [0.1, 0.15) is 57.8 Å². The lowest BCUT2D eigenvalue weighted by Crippen LogP contribution is -2.41. The van der Waals surface area contributed by atoms with Gasteiger partial charge in [0.15, 0.2) is 0 Å². The predicted octanol–water partition coefficient (Wildman–Crippen LogP) is 2.55. The van der Waals surface area contributed by atoms with Crippen molar-refractivity contribution in [2.45, 2.75) is 63.9 Å². The molecule has 0 aromatic carbocycles. The van der Waals surface area contributed by atoms with Gasteiger partial charge in [-0.05, 0) is 44.9 Å². The van der Waals surface area contributed by atoms with E-state index in [-0.39, 0.29) is 11.9 Å². The number of carbonyl (C=O) groups is 2. The fraction of sp³-hybridized carbons (Fsp3) is 0.857. The van der Waals surface area contributed by atoms with E-state index in [0.717, 1.165) is 45.1 Å². The Bertz CT molecular complexity index is 320. The van der Waals surface area contributed by atoms with Crippen LogP contribution in [0, 0.1) is 5.41 Å². The maximum Gasteiger partial charge on any atom is 0.317 e. The van der Waals surface area contributed by atoms with Crippen molar-refractivity contribution >= 4 is 11.8 Å². The lowest BCUT2D eigenvalue weighted by molar-refractivity contribution is -0.157. The van der Waals surface area contributed by atoms with E-state index in [9.17, 15) is 14.7 Å². The lowest BCUT2D eigenvalue weighted by Gasteiger charge is -2.31. The predicted molar refractivity (Wildman–Crippen MR) is 66.4 cm³/mol. The van der Waals surface area contributed by atoms with Gasteiger partial charge < -0.3 is 9.84 Å². The average Bonchev–Trinajstić information content (AvgIpc) is 2.84. The number of aliphatic carboxylic acids is 1. The Morgan fingerprint density at radius 2 is 2.22 bits per heavy atom. The molecular formula is C14H22O4. The third-order valence-corrected chi connectivity index (χ3v) is 4.35. The molecule has 2 fully saturated rings. The van der Waals surface area contributed by atoms with Crippen molar-refractivity contribution in [2.24, 2.45) is 5.41 Å². The van der Waals surface area contributed by atoms with Crippen LogP contribution in [-0.2, 0) is 14.3 Å². The van der Waals surface area contributed by atoms with Gasteiger partial charge in [0.1, 0.15) is 11.2 Å². The van der Waals surface area contributed by atoms with Gasteiger partial charge in [-0.2, -0.15) is 0 Å². The van der Waals surface area contributed by atoms with E-state index < -0.39 is 11.4 Å². The van der Waals surface area contributed by atoms with Gasteiger partial charge in [-0.3, -0.25) is 9.59 Å². The van der Waals surface area contributed by atoms with E-state index in [2.05, 4.69) is 0 Å². The van der Waals surface area contributed by atoms with Crippen LogP contribution < -0.4 is 0 Å². The Kier molecular flexibility index (Phi) is 4.38. The van der Waals surface area contributed by atoms with Crippen LogP contribution in [0.5, 0.6) is 0 Å². The Balaban J connectivity index is 1.89. The van der Waals surface area contributed by atoms with E-state index in [1.165, 1.54) is 0 Å². The van der Waals surface area contributed by atoms with Crippen molar-refractivity contribution in [1.82, 2.24) is 0 Å². The first-order valence-corrected chi connectivity index (χ1v) is 7.03. The van der Waals surface area contributed by atoms with Gasteiger partial charge >= 0.3 is 5.97 Å². The minimum atomic E-state index is -1.09. The van der Waals surface area contributed by atoms with Crippen LogP contribution in [-0.4, -0.2) is 29.6 Å². The van der Waals surface area contributed by atoms with Gasteiger partial charge in [-0.15, -0.1) is 0 Å². The smallest absolute Gasteiger partial charge is 0.317 e. The van der Waals surface area contributed by atoms with Crippen molar-refractivity contribution in [3.8, 4) is 0 Å². The zero-order valence-electron chi connectivity index (χ0n) is 10.8. The lowest BCUT2D eigenvalue weighted by atomic mass is 9.70. The van der Waals surface area contributed by atoms with E-state index in [4.69, 9.17) is 4.74 Å². The molecular weight excluding hydrogens is 232 g/mol. The summed E-state index contributed by atoms with van der Waals surface area (Å²) in [6.45, 7) is 0.827. The second-order valence-electron chi connectivity index (χ2n) is 5.54. The maximum absolute atomic E-state index is 12.0. The summed E-state index contributed by atoms with van der Waals surface area (Å²) < 4.78 is 5.53. The summed E-state index contributed by atoms with van der Waals surface area (Å²) in [5.41, 5.74) is -1.09. The monoisotopic (exact) mass is 254 g/mol. The minimum Gasteiger partial charge on any atom is -0.480 e. The Morgan fingerprint density at radius 1 is 1.39 bits per heavy atom. The molecule has 2 aliphatic rings. The molecule has 1 heterocycles. The molecule has 0 aromatic heterocycles. The summed E-state index contributed by atoms with van der Waals surface area (Å²) in [6.07, 6.45) is 7.29. The molecule has 102 valence electrons. The molecule has 0 radical (unpaired) electrons. The highest BCUT2D eigenvalue weighted by Crippen LogP contribution is 2.38. The average molecular weight is 254 g/mol. The molecule has 1 N–H and O–H groups in total. The third-order valence-electron chi connectivity index (χ3n) is 4.35. The Morgan fingerprint density at radius 3 is 2.83 bits per heavy atom. The van der Waals surface area contributed by atoms with Crippen molar-refractivity contribution in [1.29, 1.82) is 0 Å². The van der Waals surface area contributed by atoms with Crippen molar-refractivity contribution in [2.75, 3.05) is 6.61 Å². The molecule has 0 spiro atoms. The molecule has 1 saturated carbocycles. The Labute approximate surface area is 108 Å². The molecule has 18 heavy (non-hydrogen) atoms. The quantitative estimate of drug-likeness (QED) is 0.766. The van der Waals surface area contributed by atoms with Crippen LogP contribution in [0.15, 0.2) is 0 Å². The molecule has 1 saturated heterocycles. The van der Waals surface area contributed by atoms with E-state index >= 15 is 0 Å². The SMILES string of the molecule is O=C(O)C1(CCCC2CCCO2)CCCCC1=O. The molecule has 2 rings (SSSR count). The number of carboxylic acids is 1. The summed E-state index contributed by atoms with van der Waals surface area (Å²) in [4.78, 5) is 23.4. The van der Waals surface area contributed by atoms with Crippen LogP contribution in [0.3, 0.4) is 0 Å². The first-order chi connectivity index (χ1) is 8.65. The first kappa shape index (κ1) is 13.5. The molecule has 2 unspecified atom stereocenters. The number of carbonyl (C=O) groups excluding carboxylic acids is 1. The molecule has 4 nitrogen and oxygen atoms in total. The van der Waals surface area contributed by atoms with Crippen LogP contribution in [0.2, 0.25) is 0 Å². The number of carboxylic acid groups (broad SMARTS) is 1. The van der Waals surface area contributed by atoms with Crippen LogP contribution in [0.25, 0.3) is 0 Å². The second kappa shape index (κ2) is 5.83. The number of Topliss-reactive ketones (excluding diaryl/α,β-unsaturated/α-hetero) is 1. The molecule has 0 bridgehead atoms. The first-order valence-electron chi connectivity index (χ1n) is 7.03. The number of ether oxygens (including phenoxy) is 1. The molecule has 4 heteroatoms. The van der Waals surface area contributed by atoms with Gasteiger partial charge in [0.25, 0.3) is 0 Å². The standard InChI is InChI=1S/C14H22O4/c15-12-7-1-2-8-14(12,13(16)17)9-3-5-11-6-4-10-18-11/h11H,1-10H2,(H,16,17). The number of hydrogen-bond acceptors (Lipinski definition) is 3. The topological polar surface area (TPSA) is 63.6 Å². The van der Waals surface area contributed by atoms with Gasteiger partial charge in [0, 0.05) is 13.0 Å². The molecule has 1 aliphatic carbocycles. The Hall–Kier alpha value is -0.900. The fourth-order valence-electron chi connectivity index (χ4n) is 3.19. The highest BCUT2D eigenvalue weighted by atomic mass is 16.5.